The monoisotopic (exact) mass is 997 g/mol. The first-order valence-electron chi connectivity index (χ1n) is 23.3. The molecule has 2 heterocycles. The molecular weight excluding hydrogens is 934 g/mol. The summed E-state index contributed by atoms with van der Waals surface area (Å²) in [6.45, 7) is 4.50. The summed E-state index contributed by atoms with van der Waals surface area (Å²) < 4.78 is 11.1. The van der Waals surface area contributed by atoms with Crippen molar-refractivity contribution in [3.05, 3.63) is 83.9 Å². The quantitative estimate of drug-likeness (QED) is 0.0618. The van der Waals surface area contributed by atoms with Gasteiger partial charge in [-0.2, -0.15) is 0 Å². The van der Waals surface area contributed by atoms with Crippen molar-refractivity contribution in [2.75, 3.05) is 47.9 Å². The zero-order valence-corrected chi connectivity index (χ0v) is 42.3. The van der Waals surface area contributed by atoms with E-state index in [1.54, 1.807) is 50.9 Å². The number of hydrogen-bond acceptors (Lipinski definition) is 10. The number of ketones is 1. The van der Waals surface area contributed by atoms with Crippen LogP contribution in [0.15, 0.2) is 72.8 Å². The summed E-state index contributed by atoms with van der Waals surface area (Å²) in [6, 6.07) is 19.1. The zero-order valence-electron chi connectivity index (χ0n) is 40.6. The van der Waals surface area contributed by atoms with Crippen molar-refractivity contribution in [1.29, 1.82) is 0 Å². The van der Waals surface area contributed by atoms with E-state index >= 15 is 0 Å². The number of ether oxygens (including phenoxy) is 2. The molecule has 0 bridgehead atoms. The molecule has 2 fully saturated rings. The average molecular weight is 999 g/mol. The van der Waals surface area contributed by atoms with E-state index in [9.17, 15) is 28.8 Å². The second kappa shape index (κ2) is 27.1. The number of carbonyl (C=O) groups is 6. The number of benzene rings is 4. The molecule has 0 spiro atoms. The molecule has 5 N–H and O–H groups in total. The standard InChI is InChI=1S/C53H63N7O8.2ClH/c1-34(54-3)49(62)57-44(52(65)59-27-15-21-40(59)25-26-46(61)42-29-36-17-11-13-19-38(36)31-47(42)67-5)23-9-7-8-10-24-45(58-50(63)35(2)55-4)53(66)60-28-16-22-41(60)33-56-51(64)43-30-37-18-12-14-20-39(37)32-48(43)68-6;;/h11-14,17-20,29-32,34-35,40-41,44-45,54-55H,15-16,21-28,33H2,1-6H3,(H,56,64)(H,57,62)(H,58,63);2*1H/t34-,35-,40-,41-,44-,45-;;/m0../s1. The van der Waals surface area contributed by atoms with E-state index in [2.05, 4.69) is 50.3 Å². The van der Waals surface area contributed by atoms with Crippen molar-refractivity contribution >= 4 is 81.7 Å². The fourth-order valence-electron chi connectivity index (χ4n) is 8.72. The van der Waals surface area contributed by atoms with Gasteiger partial charge >= 0.3 is 0 Å². The first-order valence-corrected chi connectivity index (χ1v) is 23.3. The summed E-state index contributed by atoms with van der Waals surface area (Å²) in [6.07, 6.45) is 3.43. The summed E-state index contributed by atoms with van der Waals surface area (Å²) in [5.41, 5.74) is 0.883. The van der Waals surface area contributed by atoms with Crippen LogP contribution >= 0.6 is 24.8 Å². The molecule has 4 aromatic rings. The molecule has 0 radical (unpaired) electrons. The molecule has 0 unspecified atom stereocenters. The third-order valence-electron chi connectivity index (χ3n) is 12.9. The van der Waals surface area contributed by atoms with Crippen molar-refractivity contribution in [2.45, 2.75) is 101 Å². The number of nitrogens with zero attached hydrogens (tertiary/aromatic N) is 2. The van der Waals surface area contributed by atoms with Crippen molar-refractivity contribution in [1.82, 2.24) is 36.4 Å². The number of likely N-dealkylation sites (tertiary alicyclic amines) is 2. The van der Waals surface area contributed by atoms with Gasteiger partial charge in [-0.3, -0.25) is 28.8 Å². The van der Waals surface area contributed by atoms with Gasteiger partial charge in [0, 0.05) is 51.0 Å². The van der Waals surface area contributed by atoms with E-state index in [4.69, 9.17) is 9.47 Å². The topological polar surface area (TPSA) is 188 Å². The van der Waals surface area contributed by atoms with Crippen molar-refractivity contribution in [2.24, 2.45) is 0 Å². The van der Waals surface area contributed by atoms with Gasteiger partial charge in [0.05, 0.1) is 37.4 Å². The minimum atomic E-state index is -0.998. The Bertz CT molecular complexity index is 2460. The molecule has 0 aromatic heterocycles. The van der Waals surface area contributed by atoms with Crippen LogP contribution in [0.1, 0.15) is 85.9 Å². The Morgan fingerprint density at radius 3 is 1.54 bits per heavy atom. The van der Waals surface area contributed by atoms with Gasteiger partial charge in [-0.05, 0) is 118 Å². The first kappa shape index (κ1) is 56.2. The third-order valence-corrected chi connectivity index (χ3v) is 12.9. The van der Waals surface area contributed by atoms with E-state index in [-0.39, 0.29) is 98.0 Å². The van der Waals surface area contributed by atoms with Gasteiger partial charge in [0.25, 0.3) is 5.91 Å². The number of rotatable bonds is 19. The van der Waals surface area contributed by atoms with E-state index in [0.29, 0.717) is 48.6 Å². The molecule has 0 saturated carbocycles. The Balaban J connectivity index is 0.00000533. The second-order valence-electron chi connectivity index (χ2n) is 17.3. The van der Waals surface area contributed by atoms with Crippen LogP contribution in [-0.4, -0.2) is 129 Å². The van der Waals surface area contributed by atoms with Crippen LogP contribution < -0.4 is 36.1 Å². The highest BCUT2D eigenvalue weighted by atomic mass is 35.5. The Morgan fingerprint density at radius 2 is 1.07 bits per heavy atom. The third kappa shape index (κ3) is 14.1. The molecule has 15 nitrogen and oxygen atoms in total. The molecule has 2 aliphatic heterocycles. The van der Waals surface area contributed by atoms with Crippen LogP contribution in [0, 0.1) is 23.7 Å². The van der Waals surface area contributed by atoms with Gasteiger partial charge in [0.15, 0.2) is 5.78 Å². The highest BCUT2D eigenvalue weighted by molar-refractivity contribution is 6.03. The predicted octanol–water partition coefficient (Wildman–Crippen LogP) is 5.20. The maximum Gasteiger partial charge on any atom is 0.255 e. The lowest BCUT2D eigenvalue weighted by atomic mass is 9.98. The number of carbonyl (C=O) groups excluding carboxylic acids is 6. The van der Waals surface area contributed by atoms with Crippen molar-refractivity contribution in [3.63, 3.8) is 0 Å². The first-order chi connectivity index (χ1) is 32.9. The fraction of sp³-hybridized carbons (Fsp3) is 0.434. The normalized spacial score (nSPS) is 16.7. The van der Waals surface area contributed by atoms with Crippen LogP contribution in [0.3, 0.4) is 0 Å². The summed E-state index contributed by atoms with van der Waals surface area (Å²) in [7, 11) is 6.36. The lowest BCUT2D eigenvalue weighted by molar-refractivity contribution is -0.137. The van der Waals surface area contributed by atoms with E-state index in [1.807, 2.05) is 66.7 Å². The van der Waals surface area contributed by atoms with Crippen molar-refractivity contribution in [3.8, 4) is 35.2 Å². The molecule has 0 aliphatic carbocycles. The molecule has 2 saturated heterocycles. The molecule has 6 atom stereocenters. The van der Waals surface area contributed by atoms with Crippen molar-refractivity contribution < 1.29 is 38.2 Å². The lowest BCUT2D eigenvalue weighted by Gasteiger charge is -2.29. The van der Waals surface area contributed by atoms with Crippen LogP contribution in [0.5, 0.6) is 11.5 Å². The summed E-state index contributed by atoms with van der Waals surface area (Å²) in [4.78, 5) is 85.0. The molecular formula is C53H65Cl2N7O8. The van der Waals surface area contributed by atoms with E-state index in [0.717, 1.165) is 40.8 Å². The largest absolute Gasteiger partial charge is 0.496 e. The Hall–Kier alpha value is -6.36. The molecule has 5 amide bonds. The Morgan fingerprint density at radius 1 is 0.643 bits per heavy atom. The van der Waals surface area contributed by atoms with Gasteiger partial charge in [0.1, 0.15) is 23.6 Å². The minimum Gasteiger partial charge on any atom is -0.496 e. The second-order valence-corrected chi connectivity index (χ2v) is 17.3. The summed E-state index contributed by atoms with van der Waals surface area (Å²) in [5, 5.41) is 18.2. The molecule has 4 aromatic carbocycles. The number of nitrogens with one attached hydrogen (secondary N) is 5. The maximum absolute atomic E-state index is 14.2. The number of hydrogen-bond donors (Lipinski definition) is 5. The van der Waals surface area contributed by atoms with Crippen LogP contribution in [0.25, 0.3) is 21.5 Å². The van der Waals surface area contributed by atoms with Gasteiger partial charge < -0.3 is 45.9 Å². The fourth-order valence-corrected chi connectivity index (χ4v) is 8.72. The number of likely N-dealkylation sites (N-methyl/N-ethyl adjacent to an activating group) is 2. The molecule has 2 aliphatic rings. The van der Waals surface area contributed by atoms with Gasteiger partial charge in [-0.1, -0.05) is 60.4 Å². The minimum absolute atomic E-state index is 0. The molecule has 6 rings (SSSR count). The van der Waals surface area contributed by atoms with E-state index in [1.165, 1.54) is 7.11 Å². The zero-order chi connectivity index (χ0) is 48.7. The van der Waals surface area contributed by atoms with Gasteiger partial charge in [-0.25, -0.2) is 0 Å². The Labute approximate surface area is 423 Å². The predicted molar refractivity (Wildman–Crippen MR) is 277 cm³/mol. The van der Waals surface area contributed by atoms with E-state index < -0.39 is 24.2 Å². The SMILES string of the molecule is CN[C@@H](C)C(=O)N[C@@H](CC#CC#CC[C@H](NC(=O)[C@H](C)NC)C(=O)N1CCC[C@H]1CNC(=O)c1cc2ccccc2cc1OC)C(=O)N1CCC[C@H]1CCC(=O)c1cc2ccccc2cc1OC.Cl.Cl. The summed E-state index contributed by atoms with van der Waals surface area (Å²) in [5.74, 6) is 10.6. The number of fused-ring (bicyclic) bond motifs is 2. The molecule has 17 heteroatoms. The lowest BCUT2D eigenvalue weighted by Crippen LogP contribution is -2.54. The van der Waals surface area contributed by atoms with Crippen LogP contribution in [0.4, 0.5) is 0 Å². The smallest absolute Gasteiger partial charge is 0.255 e. The highest BCUT2D eigenvalue weighted by Gasteiger charge is 2.36. The van der Waals surface area contributed by atoms with Gasteiger partial charge in [-0.15, -0.1) is 24.8 Å². The van der Waals surface area contributed by atoms with Crippen LogP contribution in [0.2, 0.25) is 0 Å². The average Bonchev–Trinajstić information content (AvgIpc) is 4.05. The number of amides is 5. The number of halogens is 2. The van der Waals surface area contributed by atoms with Gasteiger partial charge in [0.2, 0.25) is 23.6 Å². The summed E-state index contributed by atoms with van der Waals surface area (Å²) >= 11 is 0. The highest BCUT2D eigenvalue weighted by Crippen LogP contribution is 2.30. The van der Waals surface area contributed by atoms with Crippen LogP contribution in [-0.2, 0) is 19.2 Å². The number of Topliss-reactive ketones (excluding diaryl/α,β-unsaturated/α-hetero) is 1. The molecule has 70 heavy (non-hydrogen) atoms. The maximum atomic E-state index is 14.2. The molecule has 374 valence electrons. The number of methoxy groups -OCH3 is 2. The Kier molecular flexibility index (Phi) is 21.8.